The normalized spacial score (nSPS) is 20.6. The van der Waals surface area contributed by atoms with Crippen LogP contribution in [-0.2, 0) is 6.42 Å². The average Bonchev–Trinajstić information content (AvgIpc) is 2.75. The van der Waals surface area contributed by atoms with Crippen LogP contribution in [0.5, 0.6) is 11.5 Å². The monoisotopic (exact) mass is 273 g/mol. The van der Waals surface area contributed by atoms with Gasteiger partial charge < -0.3 is 15.2 Å². The van der Waals surface area contributed by atoms with E-state index in [1.54, 1.807) is 19.2 Å². The van der Waals surface area contributed by atoms with E-state index in [9.17, 15) is 4.39 Å². The second-order valence-electron chi connectivity index (χ2n) is 4.91. The smallest absolute Gasteiger partial charge is 0.126 e. The second-order valence-corrected chi connectivity index (χ2v) is 4.91. The Morgan fingerprint density at radius 2 is 2.00 bits per heavy atom. The van der Waals surface area contributed by atoms with Crippen molar-refractivity contribution in [2.45, 2.75) is 18.6 Å². The zero-order valence-electron chi connectivity index (χ0n) is 11.2. The molecule has 0 aliphatic heterocycles. The lowest BCUT2D eigenvalue weighted by Crippen LogP contribution is -2.27. The summed E-state index contributed by atoms with van der Waals surface area (Å²) in [6, 6.07) is 11.7. The maximum atomic E-state index is 13.2. The predicted octanol–water partition coefficient (Wildman–Crippen LogP) is 2.84. The number of halogens is 1. The number of methoxy groups -OCH3 is 1. The first kappa shape index (κ1) is 12.9. The highest BCUT2D eigenvalue weighted by atomic mass is 19.1. The number of nitrogens with two attached hydrogens (primary N) is 1. The van der Waals surface area contributed by atoms with E-state index < -0.39 is 0 Å². The SMILES string of the molecule is COc1ccc2c(c1)C(N)C(Oc1cccc(F)c1)C2. The minimum Gasteiger partial charge on any atom is -0.497 e. The third-order valence-corrected chi connectivity index (χ3v) is 3.62. The summed E-state index contributed by atoms with van der Waals surface area (Å²) in [6.45, 7) is 0. The first-order valence-electron chi connectivity index (χ1n) is 6.52. The van der Waals surface area contributed by atoms with Gasteiger partial charge in [0.1, 0.15) is 23.4 Å². The summed E-state index contributed by atoms with van der Waals surface area (Å²) in [5.74, 6) is 0.976. The third kappa shape index (κ3) is 2.34. The molecule has 0 saturated heterocycles. The Morgan fingerprint density at radius 3 is 2.75 bits per heavy atom. The van der Waals surface area contributed by atoms with Crippen LogP contribution >= 0.6 is 0 Å². The first-order chi connectivity index (χ1) is 9.67. The van der Waals surface area contributed by atoms with Crippen molar-refractivity contribution >= 4 is 0 Å². The number of hydrogen-bond acceptors (Lipinski definition) is 3. The van der Waals surface area contributed by atoms with Crippen LogP contribution in [-0.4, -0.2) is 13.2 Å². The fourth-order valence-electron chi connectivity index (χ4n) is 2.57. The average molecular weight is 273 g/mol. The number of ether oxygens (including phenoxy) is 2. The van der Waals surface area contributed by atoms with Crippen molar-refractivity contribution in [2.75, 3.05) is 7.11 Å². The Bertz CT molecular complexity index is 630. The minimum atomic E-state index is -0.312. The summed E-state index contributed by atoms with van der Waals surface area (Å²) in [5.41, 5.74) is 8.41. The van der Waals surface area contributed by atoms with Gasteiger partial charge in [0, 0.05) is 12.5 Å². The Labute approximate surface area is 117 Å². The van der Waals surface area contributed by atoms with Crippen molar-refractivity contribution in [2.24, 2.45) is 5.73 Å². The Kier molecular flexibility index (Phi) is 3.32. The lowest BCUT2D eigenvalue weighted by molar-refractivity contribution is 0.184. The number of rotatable bonds is 3. The van der Waals surface area contributed by atoms with Gasteiger partial charge in [-0.2, -0.15) is 0 Å². The third-order valence-electron chi connectivity index (χ3n) is 3.62. The molecule has 0 radical (unpaired) electrons. The van der Waals surface area contributed by atoms with Crippen molar-refractivity contribution in [3.8, 4) is 11.5 Å². The topological polar surface area (TPSA) is 44.5 Å². The minimum absolute atomic E-state index is 0.182. The molecule has 3 rings (SSSR count). The van der Waals surface area contributed by atoms with Crippen LogP contribution in [0.15, 0.2) is 42.5 Å². The van der Waals surface area contributed by atoms with Crippen LogP contribution in [0, 0.1) is 5.82 Å². The van der Waals surface area contributed by atoms with Gasteiger partial charge in [0.15, 0.2) is 0 Å². The molecular formula is C16H16FNO2. The van der Waals surface area contributed by atoms with Crippen LogP contribution in [0.4, 0.5) is 4.39 Å². The van der Waals surface area contributed by atoms with E-state index in [4.69, 9.17) is 15.2 Å². The quantitative estimate of drug-likeness (QED) is 0.935. The molecule has 4 heteroatoms. The molecular weight excluding hydrogens is 257 g/mol. The number of hydrogen-bond donors (Lipinski definition) is 1. The van der Waals surface area contributed by atoms with Crippen molar-refractivity contribution in [3.63, 3.8) is 0 Å². The van der Waals surface area contributed by atoms with Gasteiger partial charge in [-0.1, -0.05) is 12.1 Å². The van der Waals surface area contributed by atoms with Crippen LogP contribution in [0.3, 0.4) is 0 Å². The molecule has 0 bridgehead atoms. The molecule has 104 valence electrons. The summed E-state index contributed by atoms with van der Waals surface area (Å²) >= 11 is 0. The second kappa shape index (κ2) is 5.13. The van der Waals surface area contributed by atoms with Gasteiger partial charge >= 0.3 is 0 Å². The van der Waals surface area contributed by atoms with E-state index in [1.807, 2.05) is 18.2 Å². The fourth-order valence-corrected chi connectivity index (χ4v) is 2.57. The standard InChI is InChI=1S/C16H16FNO2/c1-19-12-6-5-10-7-15(16(18)14(10)9-12)20-13-4-2-3-11(17)8-13/h2-6,8-9,15-16H,7,18H2,1H3. The van der Waals surface area contributed by atoms with Gasteiger partial charge in [0.25, 0.3) is 0 Å². The van der Waals surface area contributed by atoms with Crippen molar-refractivity contribution < 1.29 is 13.9 Å². The molecule has 1 aliphatic rings. The summed E-state index contributed by atoms with van der Waals surface area (Å²) < 4.78 is 24.2. The molecule has 2 aromatic carbocycles. The van der Waals surface area contributed by atoms with Gasteiger partial charge in [-0.25, -0.2) is 4.39 Å². The molecule has 0 spiro atoms. The summed E-state index contributed by atoms with van der Waals surface area (Å²) in [5, 5.41) is 0. The summed E-state index contributed by atoms with van der Waals surface area (Å²) in [4.78, 5) is 0. The van der Waals surface area contributed by atoms with E-state index >= 15 is 0 Å². The molecule has 3 nitrogen and oxygen atoms in total. The molecule has 2 aromatic rings. The maximum Gasteiger partial charge on any atom is 0.126 e. The van der Waals surface area contributed by atoms with E-state index in [1.165, 1.54) is 12.1 Å². The zero-order chi connectivity index (χ0) is 14.1. The Balaban J connectivity index is 1.81. The lowest BCUT2D eigenvalue weighted by Gasteiger charge is -2.18. The van der Waals surface area contributed by atoms with Crippen molar-refractivity contribution in [1.29, 1.82) is 0 Å². The van der Waals surface area contributed by atoms with Gasteiger partial charge in [-0.3, -0.25) is 0 Å². The molecule has 20 heavy (non-hydrogen) atoms. The molecule has 0 fully saturated rings. The predicted molar refractivity (Wildman–Crippen MR) is 74.4 cm³/mol. The molecule has 0 aromatic heterocycles. The van der Waals surface area contributed by atoms with E-state index in [2.05, 4.69) is 0 Å². The molecule has 2 atom stereocenters. The molecule has 0 heterocycles. The highest BCUT2D eigenvalue weighted by Crippen LogP contribution is 2.34. The molecule has 2 unspecified atom stereocenters. The largest absolute Gasteiger partial charge is 0.497 e. The first-order valence-corrected chi connectivity index (χ1v) is 6.52. The lowest BCUT2D eigenvalue weighted by atomic mass is 10.1. The van der Waals surface area contributed by atoms with E-state index in [0.717, 1.165) is 23.3 Å². The number of benzene rings is 2. The molecule has 0 amide bonds. The zero-order valence-corrected chi connectivity index (χ0v) is 11.2. The van der Waals surface area contributed by atoms with Crippen LogP contribution in [0.25, 0.3) is 0 Å². The Hall–Kier alpha value is -2.07. The number of fused-ring (bicyclic) bond motifs is 1. The van der Waals surface area contributed by atoms with Crippen LogP contribution < -0.4 is 15.2 Å². The highest BCUT2D eigenvalue weighted by molar-refractivity contribution is 5.42. The Morgan fingerprint density at radius 1 is 1.15 bits per heavy atom. The van der Waals surface area contributed by atoms with E-state index in [0.29, 0.717) is 5.75 Å². The highest BCUT2D eigenvalue weighted by Gasteiger charge is 2.31. The molecule has 2 N–H and O–H groups in total. The summed E-state index contributed by atoms with van der Waals surface area (Å²) in [7, 11) is 1.63. The summed E-state index contributed by atoms with van der Waals surface area (Å²) in [6.07, 6.45) is 0.538. The molecule has 0 saturated carbocycles. The van der Waals surface area contributed by atoms with Gasteiger partial charge in [0.2, 0.25) is 0 Å². The van der Waals surface area contributed by atoms with Crippen molar-refractivity contribution in [3.05, 3.63) is 59.4 Å². The molecule has 1 aliphatic carbocycles. The fraction of sp³-hybridized carbons (Fsp3) is 0.250. The van der Waals surface area contributed by atoms with Gasteiger partial charge in [-0.15, -0.1) is 0 Å². The van der Waals surface area contributed by atoms with Crippen LogP contribution in [0.2, 0.25) is 0 Å². The van der Waals surface area contributed by atoms with Gasteiger partial charge in [-0.05, 0) is 35.4 Å². The maximum absolute atomic E-state index is 13.2. The van der Waals surface area contributed by atoms with E-state index in [-0.39, 0.29) is 18.0 Å². The van der Waals surface area contributed by atoms with Crippen molar-refractivity contribution in [1.82, 2.24) is 0 Å². The van der Waals surface area contributed by atoms with Gasteiger partial charge in [0.05, 0.1) is 13.2 Å². The van der Waals surface area contributed by atoms with Crippen LogP contribution in [0.1, 0.15) is 17.2 Å².